The predicted octanol–water partition coefficient (Wildman–Crippen LogP) is 0.802. The maximum absolute atomic E-state index is 12.2. The average Bonchev–Trinajstić information content (AvgIpc) is 2.84. The number of aryl methyl sites for hydroxylation is 1. The number of hydrogen-bond donors (Lipinski definition) is 2. The van der Waals surface area contributed by atoms with Crippen molar-refractivity contribution < 1.29 is 9.72 Å². The Hall–Kier alpha value is -3.04. The fourth-order valence-electron chi connectivity index (χ4n) is 1.75. The fourth-order valence-corrected chi connectivity index (χ4v) is 1.75. The van der Waals surface area contributed by atoms with Crippen LogP contribution in [0.5, 0.6) is 0 Å². The molecule has 1 heterocycles. The molecule has 0 bridgehead atoms. The van der Waals surface area contributed by atoms with E-state index in [1.807, 2.05) is 0 Å². The molecule has 0 aliphatic heterocycles. The van der Waals surface area contributed by atoms with E-state index in [0.29, 0.717) is 6.54 Å². The second kappa shape index (κ2) is 5.94. The minimum Gasteiger partial charge on any atom is -0.379 e. The first-order valence-corrected chi connectivity index (χ1v) is 6.09. The smallest absolute Gasteiger partial charge is 0.293 e. The first-order chi connectivity index (χ1) is 10.0. The zero-order valence-electron chi connectivity index (χ0n) is 11.4. The van der Waals surface area contributed by atoms with Gasteiger partial charge in [0.05, 0.1) is 17.5 Å². The van der Waals surface area contributed by atoms with E-state index in [4.69, 9.17) is 0 Å². The largest absolute Gasteiger partial charge is 0.379 e. The summed E-state index contributed by atoms with van der Waals surface area (Å²) >= 11 is 0. The zero-order chi connectivity index (χ0) is 15.4. The van der Waals surface area contributed by atoms with Crippen LogP contribution >= 0.6 is 0 Å². The number of carbonyl (C=O) groups excluding carboxylic acids is 1. The van der Waals surface area contributed by atoms with Crippen molar-refractivity contribution in [1.82, 2.24) is 20.2 Å². The number of anilines is 2. The molecule has 1 aromatic carbocycles. The molecule has 0 fully saturated rings. The quantitative estimate of drug-likeness (QED) is 0.616. The molecule has 10 heteroatoms. The number of para-hydroxylation sites is 1. The summed E-state index contributed by atoms with van der Waals surface area (Å²) in [6, 6.07) is 4.25. The molecule has 2 rings (SSSR count). The fraction of sp³-hybridized carbons (Fsp3) is 0.273. The maximum Gasteiger partial charge on any atom is 0.293 e. The van der Waals surface area contributed by atoms with Gasteiger partial charge in [0.15, 0.2) is 0 Å². The number of nitro benzene ring substituents is 1. The number of aromatic nitrogens is 4. The third-order valence-electron chi connectivity index (χ3n) is 2.57. The van der Waals surface area contributed by atoms with Gasteiger partial charge in [0.25, 0.3) is 17.5 Å². The summed E-state index contributed by atoms with van der Waals surface area (Å²) in [6.07, 6.45) is 0. The molecule has 0 radical (unpaired) electrons. The van der Waals surface area contributed by atoms with Crippen LogP contribution in [0.25, 0.3) is 0 Å². The number of nitrogens with zero attached hydrogens (tertiary/aromatic N) is 5. The Bertz CT molecular complexity index is 682. The number of nitrogens with one attached hydrogen (secondary N) is 2. The summed E-state index contributed by atoms with van der Waals surface area (Å²) in [5, 5.41) is 27.3. The van der Waals surface area contributed by atoms with Crippen LogP contribution in [0.3, 0.4) is 0 Å². The lowest BCUT2D eigenvalue weighted by Gasteiger charge is -2.10. The van der Waals surface area contributed by atoms with Crippen molar-refractivity contribution in [2.45, 2.75) is 6.92 Å². The van der Waals surface area contributed by atoms with Gasteiger partial charge in [0.2, 0.25) is 0 Å². The van der Waals surface area contributed by atoms with E-state index in [1.165, 1.54) is 23.0 Å². The Labute approximate surface area is 119 Å². The van der Waals surface area contributed by atoms with Gasteiger partial charge in [-0.2, -0.15) is 4.80 Å². The number of benzene rings is 1. The van der Waals surface area contributed by atoms with Gasteiger partial charge >= 0.3 is 0 Å². The van der Waals surface area contributed by atoms with Gasteiger partial charge in [-0.1, -0.05) is 11.2 Å². The van der Waals surface area contributed by atoms with Crippen LogP contribution in [-0.2, 0) is 7.05 Å². The first kappa shape index (κ1) is 14.4. The van der Waals surface area contributed by atoms with Crippen molar-refractivity contribution >= 4 is 23.2 Å². The van der Waals surface area contributed by atoms with Crippen molar-refractivity contribution in [3.63, 3.8) is 0 Å². The van der Waals surface area contributed by atoms with Gasteiger partial charge in [-0.25, -0.2) is 0 Å². The number of rotatable bonds is 5. The molecule has 1 amide bonds. The van der Waals surface area contributed by atoms with Crippen molar-refractivity contribution in [2.24, 2.45) is 7.05 Å². The Morgan fingerprint density at radius 2 is 2.24 bits per heavy atom. The normalized spacial score (nSPS) is 10.2. The minimum atomic E-state index is -0.553. The van der Waals surface area contributed by atoms with E-state index in [2.05, 4.69) is 26.0 Å². The van der Waals surface area contributed by atoms with Gasteiger partial charge < -0.3 is 5.32 Å². The summed E-state index contributed by atoms with van der Waals surface area (Å²) in [4.78, 5) is 23.9. The van der Waals surface area contributed by atoms with Crippen LogP contribution in [-0.4, -0.2) is 37.6 Å². The van der Waals surface area contributed by atoms with Gasteiger partial charge in [0, 0.05) is 12.6 Å². The molecule has 0 spiro atoms. The van der Waals surface area contributed by atoms with Crippen molar-refractivity contribution in [1.29, 1.82) is 0 Å². The lowest BCUT2D eigenvalue weighted by atomic mass is 10.1. The Kier molecular flexibility index (Phi) is 4.07. The standard InChI is InChI=1S/C11H13N7O3/c1-3-12-9-7(5-4-6-8(9)18(20)21)10(19)13-11-14-16-17(2)15-11/h4-6,12H,3H2,1-2H3,(H,13,15,19). The molecule has 2 N–H and O–H groups in total. The van der Waals surface area contributed by atoms with Crippen molar-refractivity contribution in [3.8, 4) is 0 Å². The highest BCUT2D eigenvalue weighted by atomic mass is 16.6. The van der Waals surface area contributed by atoms with Gasteiger partial charge in [-0.05, 0) is 18.2 Å². The van der Waals surface area contributed by atoms with E-state index in [1.54, 1.807) is 14.0 Å². The first-order valence-electron chi connectivity index (χ1n) is 6.09. The predicted molar refractivity (Wildman–Crippen MR) is 74.0 cm³/mol. The van der Waals surface area contributed by atoms with Gasteiger partial charge in [-0.3, -0.25) is 20.2 Å². The molecule has 0 atom stereocenters. The second-order valence-electron chi connectivity index (χ2n) is 4.04. The Morgan fingerprint density at radius 1 is 1.48 bits per heavy atom. The van der Waals surface area contributed by atoms with E-state index < -0.39 is 10.8 Å². The Morgan fingerprint density at radius 3 is 2.81 bits per heavy atom. The molecule has 0 aliphatic carbocycles. The summed E-state index contributed by atoms with van der Waals surface area (Å²) in [6.45, 7) is 2.22. The molecule has 0 aliphatic rings. The second-order valence-corrected chi connectivity index (χ2v) is 4.04. The number of hydrogen-bond acceptors (Lipinski definition) is 7. The number of tetrazole rings is 1. The summed E-state index contributed by atoms with van der Waals surface area (Å²) in [5.74, 6) is -0.529. The number of carbonyl (C=O) groups is 1. The monoisotopic (exact) mass is 291 g/mol. The van der Waals surface area contributed by atoms with E-state index in [0.717, 1.165) is 0 Å². The highest BCUT2D eigenvalue weighted by Crippen LogP contribution is 2.28. The SMILES string of the molecule is CCNc1c(C(=O)Nc2nnn(C)n2)cccc1[N+](=O)[O-]. The number of amides is 1. The molecule has 0 saturated carbocycles. The van der Waals surface area contributed by atoms with Crippen molar-refractivity contribution in [3.05, 3.63) is 33.9 Å². The van der Waals surface area contributed by atoms with Crippen LogP contribution in [0.2, 0.25) is 0 Å². The third kappa shape index (κ3) is 3.11. The lowest BCUT2D eigenvalue weighted by Crippen LogP contribution is -2.16. The van der Waals surface area contributed by atoms with E-state index >= 15 is 0 Å². The third-order valence-corrected chi connectivity index (χ3v) is 2.57. The average molecular weight is 291 g/mol. The molecule has 21 heavy (non-hydrogen) atoms. The van der Waals surface area contributed by atoms with Crippen LogP contribution in [0.1, 0.15) is 17.3 Å². The molecule has 0 saturated heterocycles. The molecular weight excluding hydrogens is 278 g/mol. The Balaban J connectivity index is 2.35. The zero-order valence-corrected chi connectivity index (χ0v) is 11.4. The van der Waals surface area contributed by atoms with Gasteiger partial charge in [0.1, 0.15) is 5.69 Å². The van der Waals surface area contributed by atoms with Crippen LogP contribution in [0, 0.1) is 10.1 Å². The molecule has 1 aromatic heterocycles. The lowest BCUT2D eigenvalue weighted by molar-refractivity contribution is -0.384. The van der Waals surface area contributed by atoms with Crippen molar-refractivity contribution in [2.75, 3.05) is 17.2 Å². The molecule has 110 valence electrons. The van der Waals surface area contributed by atoms with Crippen LogP contribution in [0.15, 0.2) is 18.2 Å². The summed E-state index contributed by atoms with van der Waals surface area (Å²) < 4.78 is 0. The van der Waals surface area contributed by atoms with Crippen LogP contribution in [0.4, 0.5) is 17.3 Å². The van der Waals surface area contributed by atoms with E-state index in [9.17, 15) is 14.9 Å². The molecular formula is C11H13N7O3. The minimum absolute atomic E-state index is 0.0245. The molecule has 0 unspecified atom stereocenters. The van der Waals surface area contributed by atoms with Gasteiger partial charge in [-0.15, -0.1) is 5.10 Å². The topological polar surface area (TPSA) is 128 Å². The number of nitro groups is 1. The molecule has 10 nitrogen and oxygen atoms in total. The van der Waals surface area contributed by atoms with Crippen LogP contribution < -0.4 is 10.6 Å². The highest BCUT2D eigenvalue weighted by Gasteiger charge is 2.21. The summed E-state index contributed by atoms with van der Waals surface area (Å²) in [5.41, 5.74) is 0.126. The highest BCUT2D eigenvalue weighted by molar-refractivity contribution is 6.08. The molecule has 2 aromatic rings. The maximum atomic E-state index is 12.2. The van der Waals surface area contributed by atoms with E-state index in [-0.39, 0.29) is 22.9 Å². The summed E-state index contributed by atoms with van der Waals surface area (Å²) in [7, 11) is 1.56.